The fourth-order valence-corrected chi connectivity index (χ4v) is 2.10. The summed E-state index contributed by atoms with van der Waals surface area (Å²) < 4.78 is 0. The molecule has 0 aromatic rings. The summed E-state index contributed by atoms with van der Waals surface area (Å²) in [5.74, 6) is -0.0444. The first-order chi connectivity index (χ1) is 8.62. The quantitative estimate of drug-likeness (QED) is 0.503. The van der Waals surface area contributed by atoms with E-state index in [9.17, 15) is 9.59 Å². The molecule has 2 atom stereocenters. The minimum absolute atomic E-state index is 0.00593. The fourth-order valence-electron chi connectivity index (χ4n) is 2.10. The summed E-state index contributed by atoms with van der Waals surface area (Å²) >= 11 is 0. The van der Waals surface area contributed by atoms with Gasteiger partial charge < -0.3 is 14.8 Å². The van der Waals surface area contributed by atoms with E-state index in [4.69, 9.17) is 5.11 Å². The second-order valence-electron chi connectivity index (χ2n) is 4.43. The van der Waals surface area contributed by atoms with E-state index in [-0.39, 0.29) is 24.3 Å². The molecule has 0 aromatic carbocycles. The van der Waals surface area contributed by atoms with Crippen LogP contribution in [0.2, 0.25) is 0 Å². The summed E-state index contributed by atoms with van der Waals surface area (Å²) in [7, 11) is 1.71. The minimum atomic E-state index is -0.201. The van der Waals surface area contributed by atoms with E-state index in [1.807, 2.05) is 26.0 Å². The number of aliphatic hydroxyl groups excluding tert-OH is 1. The van der Waals surface area contributed by atoms with E-state index in [2.05, 4.69) is 0 Å². The predicted molar refractivity (Wildman–Crippen MR) is 72.1 cm³/mol. The van der Waals surface area contributed by atoms with Gasteiger partial charge in [0, 0.05) is 32.5 Å². The molecule has 4 heteroatoms. The summed E-state index contributed by atoms with van der Waals surface area (Å²) in [6.07, 6.45) is 6.46. The lowest BCUT2D eigenvalue weighted by Crippen LogP contribution is -2.37. The molecule has 0 rings (SSSR count). The number of allylic oxidation sites excluding steroid dienone is 2. The zero-order valence-corrected chi connectivity index (χ0v) is 11.6. The van der Waals surface area contributed by atoms with Crippen molar-refractivity contribution >= 4 is 12.2 Å². The molecule has 0 saturated heterocycles. The second kappa shape index (κ2) is 9.83. The molecule has 0 aliphatic carbocycles. The van der Waals surface area contributed by atoms with Crippen molar-refractivity contribution in [3.05, 3.63) is 12.2 Å². The van der Waals surface area contributed by atoms with E-state index >= 15 is 0 Å². The van der Waals surface area contributed by atoms with Gasteiger partial charge in [0.15, 0.2) is 0 Å². The topological polar surface area (TPSA) is 57.6 Å². The molecule has 0 bridgehead atoms. The Morgan fingerprint density at radius 1 is 1.44 bits per heavy atom. The average molecular weight is 255 g/mol. The molecular formula is C14H25NO3. The third-order valence-corrected chi connectivity index (χ3v) is 3.14. The molecule has 0 heterocycles. The molecule has 0 aliphatic rings. The van der Waals surface area contributed by atoms with Gasteiger partial charge in [0.05, 0.1) is 0 Å². The number of carbonyl (C=O) groups is 2. The summed E-state index contributed by atoms with van der Waals surface area (Å²) in [6.45, 7) is 4.41. The van der Waals surface area contributed by atoms with Crippen molar-refractivity contribution < 1.29 is 14.7 Å². The number of nitrogens with zero attached hydrogens (tertiary/aromatic N) is 1. The molecular weight excluding hydrogens is 230 g/mol. The van der Waals surface area contributed by atoms with Crippen LogP contribution in [0.4, 0.5) is 0 Å². The van der Waals surface area contributed by atoms with Gasteiger partial charge in [-0.2, -0.15) is 0 Å². The van der Waals surface area contributed by atoms with Crippen LogP contribution in [0.15, 0.2) is 12.2 Å². The van der Waals surface area contributed by atoms with E-state index in [1.54, 1.807) is 11.9 Å². The van der Waals surface area contributed by atoms with Crippen molar-refractivity contribution in [2.24, 2.45) is 11.8 Å². The Labute approximate surface area is 110 Å². The highest BCUT2D eigenvalue weighted by Crippen LogP contribution is 2.23. The Bertz CT molecular complexity index is 276. The van der Waals surface area contributed by atoms with E-state index in [1.165, 1.54) is 0 Å². The second-order valence-corrected chi connectivity index (χ2v) is 4.43. The Hall–Kier alpha value is -1.16. The zero-order valence-electron chi connectivity index (χ0n) is 11.6. The normalized spacial score (nSPS) is 14.4. The molecule has 1 amide bonds. The van der Waals surface area contributed by atoms with Gasteiger partial charge in [0.25, 0.3) is 0 Å². The minimum Gasteiger partial charge on any atom is -0.396 e. The molecule has 104 valence electrons. The van der Waals surface area contributed by atoms with Gasteiger partial charge in [-0.1, -0.05) is 19.1 Å². The first-order valence-corrected chi connectivity index (χ1v) is 6.54. The van der Waals surface area contributed by atoms with Crippen molar-refractivity contribution in [1.82, 2.24) is 4.90 Å². The van der Waals surface area contributed by atoms with Crippen LogP contribution in [-0.2, 0) is 9.59 Å². The maximum absolute atomic E-state index is 12.3. The highest BCUT2D eigenvalue weighted by Gasteiger charge is 2.27. The first-order valence-electron chi connectivity index (χ1n) is 6.54. The number of rotatable bonds is 9. The van der Waals surface area contributed by atoms with Crippen LogP contribution in [0, 0.1) is 11.8 Å². The third kappa shape index (κ3) is 5.45. The van der Waals surface area contributed by atoms with Gasteiger partial charge in [-0.15, -0.1) is 0 Å². The average Bonchev–Trinajstić information content (AvgIpc) is 2.39. The SMILES string of the molecule is CC=CC(CC)C(CCO)C(=O)N(C)CCC=O. The fraction of sp³-hybridized carbons (Fsp3) is 0.714. The molecule has 0 saturated carbocycles. The van der Waals surface area contributed by atoms with Crippen molar-refractivity contribution in [2.45, 2.75) is 33.1 Å². The van der Waals surface area contributed by atoms with Crippen molar-refractivity contribution in [2.75, 3.05) is 20.2 Å². The number of aldehydes is 1. The Kier molecular flexibility index (Phi) is 9.19. The van der Waals surface area contributed by atoms with Crippen LogP contribution < -0.4 is 0 Å². The number of hydrogen-bond donors (Lipinski definition) is 1. The number of carbonyl (C=O) groups excluding carboxylic acids is 2. The largest absolute Gasteiger partial charge is 0.396 e. The van der Waals surface area contributed by atoms with Crippen LogP contribution in [0.25, 0.3) is 0 Å². The molecule has 4 nitrogen and oxygen atoms in total. The first kappa shape index (κ1) is 16.8. The van der Waals surface area contributed by atoms with Crippen molar-refractivity contribution in [1.29, 1.82) is 0 Å². The number of aliphatic hydroxyl groups is 1. The predicted octanol–water partition coefficient (Wildman–Crippen LogP) is 1.63. The van der Waals surface area contributed by atoms with Gasteiger partial charge in [-0.3, -0.25) is 4.79 Å². The number of amides is 1. The van der Waals surface area contributed by atoms with Gasteiger partial charge >= 0.3 is 0 Å². The Morgan fingerprint density at radius 3 is 2.56 bits per heavy atom. The molecule has 2 unspecified atom stereocenters. The van der Waals surface area contributed by atoms with Gasteiger partial charge in [0.2, 0.25) is 5.91 Å². The summed E-state index contributed by atoms with van der Waals surface area (Å²) in [5.41, 5.74) is 0. The Balaban J connectivity index is 4.74. The molecule has 1 N–H and O–H groups in total. The molecule has 0 spiro atoms. The molecule has 18 heavy (non-hydrogen) atoms. The van der Waals surface area contributed by atoms with E-state index in [0.29, 0.717) is 19.4 Å². The lowest BCUT2D eigenvalue weighted by Gasteiger charge is -2.27. The van der Waals surface area contributed by atoms with Crippen LogP contribution in [-0.4, -0.2) is 42.4 Å². The summed E-state index contributed by atoms with van der Waals surface area (Å²) in [5, 5.41) is 9.11. The highest BCUT2D eigenvalue weighted by atomic mass is 16.3. The van der Waals surface area contributed by atoms with Gasteiger partial charge in [0.1, 0.15) is 6.29 Å². The molecule has 0 radical (unpaired) electrons. The summed E-state index contributed by atoms with van der Waals surface area (Å²) in [6, 6.07) is 0. The standard InChI is InChI=1S/C14H25NO3/c1-4-7-12(5-2)13(8-11-17)14(18)15(3)9-6-10-16/h4,7,10,12-13,17H,5-6,8-9,11H2,1-3H3. The third-order valence-electron chi connectivity index (χ3n) is 3.14. The highest BCUT2D eigenvalue weighted by molar-refractivity contribution is 5.79. The van der Waals surface area contributed by atoms with E-state index < -0.39 is 0 Å². The van der Waals surface area contributed by atoms with Crippen LogP contribution in [0.3, 0.4) is 0 Å². The van der Waals surface area contributed by atoms with Crippen molar-refractivity contribution in [3.63, 3.8) is 0 Å². The maximum Gasteiger partial charge on any atom is 0.226 e. The van der Waals surface area contributed by atoms with E-state index in [0.717, 1.165) is 12.7 Å². The van der Waals surface area contributed by atoms with Crippen molar-refractivity contribution in [3.8, 4) is 0 Å². The molecule has 0 fully saturated rings. The smallest absolute Gasteiger partial charge is 0.226 e. The van der Waals surface area contributed by atoms with Gasteiger partial charge in [-0.05, 0) is 25.7 Å². The van der Waals surface area contributed by atoms with Crippen LogP contribution in [0.5, 0.6) is 0 Å². The monoisotopic (exact) mass is 255 g/mol. The maximum atomic E-state index is 12.3. The zero-order chi connectivity index (χ0) is 14.0. The van der Waals surface area contributed by atoms with Crippen LogP contribution in [0.1, 0.15) is 33.1 Å². The Morgan fingerprint density at radius 2 is 2.11 bits per heavy atom. The number of hydrogen-bond acceptors (Lipinski definition) is 3. The van der Waals surface area contributed by atoms with Gasteiger partial charge in [-0.25, -0.2) is 0 Å². The molecule has 0 aromatic heterocycles. The lowest BCUT2D eigenvalue weighted by molar-refractivity contribution is -0.136. The van der Waals surface area contributed by atoms with Crippen LogP contribution >= 0.6 is 0 Å². The molecule has 0 aliphatic heterocycles. The summed E-state index contributed by atoms with van der Waals surface area (Å²) in [4.78, 5) is 24.2. The lowest BCUT2D eigenvalue weighted by atomic mass is 9.86.